The van der Waals surface area contributed by atoms with Gasteiger partial charge in [-0.25, -0.2) is 4.98 Å². The van der Waals surface area contributed by atoms with Crippen molar-refractivity contribution in [2.24, 2.45) is 0 Å². The molecule has 0 bridgehead atoms. The summed E-state index contributed by atoms with van der Waals surface area (Å²) in [6, 6.07) is 20.0. The van der Waals surface area contributed by atoms with E-state index in [9.17, 15) is 9.59 Å². The number of thiocarbonyl (C=S) groups is 1. The normalized spacial score (nSPS) is 20.6. The smallest absolute Gasteiger partial charge is 0.253 e. The third-order valence-electron chi connectivity index (χ3n) is 6.67. The van der Waals surface area contributed by atoms with Crippen molar-refractivity contribution < 1.29 is 9.59 Å². The number of amides is 1. The number of pyridine rings is 1. The predicted molar refractivity (Wildman–Crippen MR) is 152 cm³/mol. The molecule has 1 aliphatic carbocycles. The van der Waals surface area contributed by atoms with E-state index in [2.05, 4.69) is 75.0 Å². The Labute approximate surface area is 230 Å². The van der Waals surface area contributed by atoms with Crippen LogP contribution in [0.4, 0.5) is 5.82 Å². The van der Waals surface area contributed by atoms with Crippen LogP contribution in [0.1, 0.15) is 51.8 Å². The summed E-state index contributed by atoms with van der Waals surface area (Å²) in [7, 11) is 0. The number of hydrogen-bond donors (Lipinski definition) is 4. The van der Waals surface area contributed by atoms with Crippen LogP contribution in [0.25, 0.3) is 0 Å². The van der Waals surface area contributed by atoms with Crippen molar-refractivity contribution in [1.82, 2.24) is 21.0 Å². The SMILES string of the molecule is O=C(NC1CCSC1=O)c1cnc(NNC(=S)N[C@H]2c3ccccc3CC[C@H]2c2ccccc2)c(Cl)c1. The standard InChI is InChI=1S/C27H26ClN5O2S2/c28-21-14-18(25(34)30-22-12-13-37-26(22)35)15-29-24(21)32-33-27(36)31-23-19-9-5-4-8-17(19)10-11-20(23)16-6-2-1-3-7-16/h1-9,14-15,20,22-23H,10-13H2,(H,29,32)(H,30,34)(H2,31,33,36)/t20-,22?,23-/m0/s1. The van der Waals surface area contributed by atoms with Gasteiger partial charge in [0.1, 0.15) is 0 Å². The Bertz CT molecular complexity index is 1320. The minimum absolute atomic E-state index is 0.000106. The van der Waals surface area contributed by atoms with Crippen LogP contribution in [0.5, 0.6) is 0 Å². The first-order chi connectivity index (χ1) is 18.0. The lowest BCUT2D eigenvalue weighted by Gasteiger charge is -2.35. The van der Waals surface area contributed by atoms with E-state index < -0.39 is 6.04 Å². The number of halogens is 1. The molecular formula is C27H26ClN5O2S2. The van der Waals surface area contributed by atoms with Crippen molar-refractivity contribution in [3.05, 3.63) is 94.1 Å². The molecular weight excluding hydrogens is 526 g/mol. The zero-order valence-corrected chi connectivity index (χ0v) is 22.3. The highest BCUT2D eigenvalue weighted by molar-refractivity contribution is 8.14. The molecule has 1 amide bonds. The average Bonchev–Trinajstić information content (AvgIpc) is 3.32. The number of aryl methyl sites for hydroxylation is 1. The van der Waals surface area contributed by atoms with Gasteiger partial charge in [-0.05, 0) is 54.2 Å². The second-order valence-corrected chi connectivity index (χ2v) is 10.9. The number of carbonyl (C=O) groups is 2. The number of benzene rings is 2. The molecule has 1 unspecified atom stereocenters. The maximum Gasteiger partial charge on any atom is 0.253 e. The maximum atomic E-state index is 12.5. The molecule has 5 rings (SSSR count). The van der Waals surface area contributed by atoms with Crippen LogP contribution in [0.2, 0.25) is 5.02 Å². The Morgan fingerprint density at radius 1 is 1.05 bits per heavy atom. The number of fused-ring (bicyclic) bond motifs is 1. The summed E-state index contributed by atoms with van der Waals surface area (Å²) in [6.07, 6.45) is 4.06. The van der Waals surface area contributed by atoms with Crippen LogP contribution in [-0.4, -0.2) is 32.9 Å². The molecule has 10 heteroatoms. The second kappa shape index (κ2) is 11.5. The third kappa shape index (κ3) is 5.89. The number of nitrogens with zero attached hydrogens (tertiary/aromatic N) is 1. The molecule has 37 heavy (non-hydrogen) atoms. The van der Waals surface area contributed by atoms with Gasteiger partial charge in [0.15, 0.2) is 10.9 Å². The van der Waals surface area contributed by atoms with E-state index in [1.54, 1.807) is 0 Å². The fraction of sp³-hybridized carbons (Fsp3) is 0.259. The molecule has 2 heterocycles. The molecule has 3 aromatic rings. The average molecular weight is 552 g/mol. The Kier molecular flexibility index (Phi) is 7.93. The van der Waals surface area contributed by atoms with E-state index in [0.29, 0.717) is 23.1 Å². The Morgan fingerprint density at radius 2 is 1.84 bits per heavy atom. The Balaban J connectivity index is 1.24. The van der Waals surface area contributed by atoms with Crippen molar-refractivity contribution in [3.63, 3.8) is 0 Å². The van der Waals surface area contributed by atoms with Gasteiger partial charge in [-0.2, -0.15) is 0 Å². The lowest BCUT2D eigenvalue weighted by atomic mass is 9.76. The fourth-order valence-corrected chi connectivity index (χ4v) is 6.14. The lowest BCUT2D eigenvalue weighted by Crippen LogP contribution is -2.43. The molecule has 1 aliphatic heterocycles. The van der Waals surface area contributed by atoms with Crippen molar-refractivity contribution >= 4 is 57.5 Å². The summed E-state index contributed by atoms with van der Waals surface area (Å²) >= 11 is 13.2. The second-order valence-electron chi connectivity index (χ2n) is 8.99. The van der Waals surface area contributed by atoms with E-state index in [4.69, 9.17) is 23.8 Å². The number of anilines is 1. The van der Waals surface area contributed by atoms with Gasteiger partial charge >= 0.3 is 0 Å². The first-order valence-corrected chi connectivity index (χ1v) is 13.8. The van der Waals surface area contributed by atoms with Crippen molar-refractivity contribution in [2.45, 2.75) is 37.3 Å². The number of nitrogens with one attached hydrogen (secondary N) is 4. The summed E-state index contributed by atoms with van der Waals surface area (Å²) in [5.74, 6) is 0.929. The lowest BCUT2D eigenvalue weighted by molar-refractivity contribution is -0.112. The van der Waals surface area contributed by atoms with Gasteiger partial charge in [0.25, 0.3) is 5.91 Å². The minimum Gasteiger partial charge on any atom is -0.354 e. The van der Waals surface area contributed by atoms with Gasteiger partial charge in [-0.3, -0.25) is 20.4 Å². The maximum absolute atomic E-state index is 12.5. The molecule has 0 saturated carbocycles. The molecule has 2 aliphatic rings. The number of aromatic nitrogens is 1. The van der Waals surface area contributed by atoms with Crippen LogP contribution in [-0.2, 0) is 11.2 Å². The van der Waals surface area contributed by atoms with Crippen LogP contribution in [0.15, 0.2) is 66.9 Å². The third-order valence-corrected chi connectivity index (χ3v) is 8.19. The first-order valence-electron chi connectivity index (χ1n) is 12.1. The van der Waals surface area contributed by atoms with Gasteiger partial charge in [-0.1, -0.05) is 78.0 Å². The molecule has 3 atom stereocenters. The van der Waals surface area contributed by atoms with Gasteiger partial charge in [0.2, 0.25) is 5.12 Å². The van der Waals surface area contributed by atoms with Crippen molar-refractivity contribution in [2.75, 3.05) is 11.2 Å². The number of rotatable bonds is 6. The number of hydrogen-bond acceptors (Lipinski definition) is 6. The number of carbonyl (C=O) groups excluding carboxylic acids is 2. The fourth-order valence-electron chi connectivity index (χ4n) is 4.81. The summed E-state index contributed by atoms with van der Waals surface area (Å²) in [5.41, 5.74) is 10.0. The van der Waals surface area contributed by atoms with Gasteiger partial charge in [-0.15, -0.1) is 0 Å². The van der Waals surface area contributed by atoms with Crippen LogP contribution in [0.3, 0.4) is 0 Å². The molecule has 2 aromatic carbocycles. The number of hydrazine groups is 1. The topological polar surface area (TPSA) is 95.2 Å². The van der Waals surface area contributed by atoms with Crippen molar-refractivity contribution in [3.8, 4) is 0 Å². The van der Waals surface area contributed by atoms with E-state index in [1.807, 2.05) is 6.07 Å². The molecule has 4 N–H and O–H groups in total. The zero-order chi connectivity index (χ0) is 25.8. The highest BCUT2D eigenvalue weighted by Gasteiger charge is 2.31. The minimum atomic E-state index is -0.469. The monoisotopic (exact) mass is 551 g/mol. The van der Waals surface area contributed by atoms with Gasteiger partial charge in [0, 0.05) is 17.9 Å². The predicted octanol–water partition coefficient (Wildman–Crippen LogP) is 4.76. The van der Waals surface area contributed by atoms with Crippen molar-refractivity contribution in [1.29, 1.82) is 0 Å². The van der Waals surface area contributed by atoms with E-state index >= 15 is 0 Å². The quantitative estimate of drug-likeness (QED) is 0.257. The molecule has 0 spiro atoms. The van der Waals surface area contributed by atoms with Gasteiger partial charge in [0.05, 0.1) is 22.7 Å². The molecule has 1 fully saturated rings. The Hall–Kier alpha value is -3.14. The largest absolute Gasteiger partial charge is 0.354 e. The summed E-state index contributed by atoms with van der Waals surface area (Å²) in [4.78, 5) is 28.6. The first kappa shape index (κ1) is 25.5. The molecule has 7 nitrogen and oxygen atoms in total. The van der Waals surface area contributed by atoms with E-state index in [1.165, 1.54) is 40.7 Å². The molecule has 1 saturated heterocycles. The number of thioether (sulfide) groups is 1. The molecule has 190 valence electrons. The van der Waals surface area contributed by atoms with Crippen LogP contribution in [0, 0.1) is 0 Å². The summed E-state index contributed by atoms with van der Waals surface area (Å²) in [6.45, 7) is 0. The van der Waals surface area contributed by atoms with E-state index in [-0.39, 0.29) is 33.6 Å². The van der Waals surface area contributed by atoms with Crippen LogP contribution < -0.4 is 21.5 Å². The zero-order valence-electron chi connectivity index (χ0n) is 19.9. The summed E-state index contributed by atoms with van der Waals surface area (Å²) in [5, 5.41) is 6.85. The highest BCUT2D eigenvalue weighted by Crippen LogP contribution is 2.40. The summed E-state index contributed by atoms with van der Waals surface area (Å²) < 4.78 is 0. The highest BCUT2D eigenvalue weighted by atomic mass is 35.5. The van der Waals surface area contributed by atoms with E-state index in [0.717, 1.165) is 12.8 Å². The molecule has 1 aromatic heterocycles. The molecule has 0 radical (unpaired) electrons. The Morgan fingerprint density at radius 3 is 2.59 bits per heavy atom. The van der Waals surface area contributed by atoms with Crippen LogP contribution >= 0.6 is 35.6 Å². The van der Waals surface area contributed by atoms with Gasteiger partial charge < -0.3 is 10.6 Å².